The Kier molecular flexibility index (Phi) is 9.13. The van der Waals surface area contributed by atoms with E-state index in [0.29, 0.717) is 18.8 Å². The van der Waals surface area contributed by atoms with Crippen LogP contribution >= 0.6 is 23.2 Å². The minimum Gasteiger partial charge on any atom is -0.380 e. The fourth-order valence-electron chi connectivity index (χ4n) is 6.58. The van der Waals surface area contributed by atoms with Crippen LogP contribution in [0, 0.1) is 22.7 Å². The molecule has 1 fully saturated rings. The molecule has 2 N–H and O–H groups in total. The first-order valence-electron chi connectivity index (χ1n) is 12.5. The minimum atomic E-state index is -2.03. The van der Waals surface area contributed by atoms with Crippen LogP contribution in [0.2, 0.25) is 0 Å². The van der Waals surface area contributed by atoms with Crippen LogP contribution in [0.4, 0.5) is 0 Å². The highest BCUT2D eigenvalue weighted by atomic mass is 35.5. The molecule has 1 saturated carbocycles. The maximum absolute atomic E-state index is 14.1. The second kappa shape index (κ2) is 11.2. The van der Waals surface area contributed by atoms with Gasteiger partial charge >= 0.3 is 0 Å². The lowest BCUT2D eigenvalue weighted by molar-refractivity contribution is -0.211. The van der Waals surface area contributed by atoms with Crippen molar-refractivity contribution in [3.8, 4) is 0 Å². The summed E-state index contributed by atoms with van der Waals surface area (Å²) in [5.74, 6) is -3.54. The van der Waals surface area contributed by atoms with Gasteiger partial charge in [0.15, 0.2) is 11.6 Å². The summed E-state index contributed by atoms with van der Waals surface area (Å²) >= 11 is 12.6. The third-order valence-corrected chi connectivity index (χ3v) is 9.10. The Balaban J connectivity index is 2.13. The first-order valence-corrected chi connectivity index (χ1v) is 13.6. The van der Waals surface area contributed by atoms with Gasteiger partial charge in [0.25, 0.3) is 0 Å². The number of carbonyl (C=O) groups is 2. The van der Waals surface area contributed by atoms with Gasteiger partial charge in [0.1, 0.15) is 11.2 Å². The number of ketones is 2. The van der Waals surface area contributed by atoms with Crippen LogP contribution in [0.3, 0.4) is 0 Å². The molecule has 36 heavy (non-hydrogen) atoms. The Morgan fingerprint density at radius 3 is 2.14 bits per heavy atom. The molecule has 0 amide bonds. The summed E-state index contributed by atoms with van der Waals surface area (Å²) in [7, 11) is 0. The average molecular weight is 542 g/mol. The molecule has 2 bridgehead atoms. The third-order valence-electron chi connectivity index (χ3n) is 8.28. The van der Waals surface area contributed by atoms with Crippen molar-refractivity contribution in [1.29, 1.82) is 0 Å². The second-order valence-corrected chi connectivity index (χ2v) is 11.0. The molecule has 6 nitrogen and oxygen atoms in total. The van der Waals surface area contributed by atoms with Crippen molar-refractivity contribution in [2.24, 2.45) is 22.7 Å². The van der Waals surface area contributed by atoms with Gasteiger partial charge in [0.2, 0.25) is 0 Å². The molecule has 200 valence electrons. The predicted molar refractivity (Wildman–Crippen MR) is 141 cm³/mol. The van der Waals surface area contributed by atoms with Gasteiger partial charge in [-0.15, -0.1) is 36.4 Å². The van der Waals surface area contributed by atoms with Crippen LogP contribution in [0.25, 0.3) is 0 Å². The van der Waals surface area contributed by atoms with E-state index in [0.717, 1.165) is 25.7 Å². The summed E-state index contributed by atoms with van der Waals surface area (Å²) in [5, 5.41) is 23.6. The summed E-state index contributed by atoms with van der Waals surface area (Å²) in [6.45, 7) is 11.8. The predicted octanol–water partition coefficient (Wildman–Crippen LogP) is 4.17. The van der Waals surface area contributed by atoms with Crippen LogP contribution in [0.15, 0.2) is 48.6 Å². The Morgan fingerprint density at radius 1 is 1.00 bits per heavy atom. The normalized spacial score (nSPS) is 37.4. The van der Waals surface area contributed by atoms with Gasteiger partial charge in [-0.25, -0.2) is 0 Å². The monoisotopic (exact) mass is 540 g/mol. The van der Waals surface area contributed by atoms with Crippen molar-refractivity contribution in [3.63, 3.8) is 0 Å². The summed E-state index contributed by atoms with van der Waals surface area (Å²) < 4.78 is 11.8. The van der Waals surface area contributed by atoms with Crippen molar-refractivity contribution < 1.29 is 29.3 Å². The van der Waals surface area contributed by atoms with E-state index in [4.69, 9.17) is 32.7 Å². The number of hydrogen-bond donors (Lipinski definition) is 2. The summed E-state index contributed by atoms with van der Waals surface area (Å²) in [5.41, 5.74) is -5.49. The van der Waals surface area contributed by atoms with Crippen LogP contribution in [0.5, 0.6) is 0 Å². The fourth-order valence-corrected chi connectivity index (χ4v) is 7.16. The van der Waals surface area contributed by atoms with E-state index in [-0.39, 0.29) is 24.7 Å². The number of carbonyl (C=O) groups excluding carboxylic acids is 2. The lowest BCUT2D eigenvalue weighted by Gasteiger charge is -2.67. The quantitative estimate of drug-likeness (QED) is 0.195. The van der Waals surface area contributed by atoms with Gasteiger partial charge in [0, 0.05) is 36.0 Å². The Morgan fingerprint density at radius 2 is 1.58 bits per heavy atom. The zero-order chi connectivity index (χ0) is 26.8. The van der Waals surface area contributed by atoms with E-state index in [1.54, 1.807) is 25.2 Å². The number of alkyl halides is 2. The number of fused-ring (bicyclic) bond motifs is 1. The fraction of sp³-hybridized carbons (Fsp3) is 0.643. The zero-order valence-corrected chi connectivity index (χ0v) is 22.7. The first kappa shape index (κ1) is 29.3. The van der Waals surface area contributed by atoms with E-state index >= 15 is 0 Å². The number of allylic oxidation sites excluding steroid dienone is 3. The molecule has 8 heteroatoms. The molecule has 4 aliphatic carbocycles. The van der Waals surface area contributed by atoms with Gasteiger partial charge in [-0.05, 0) is 32.6 Å². The SMILES string of the molecule is C=CCCCOCC1=C[C@]2(C)[C@@H]([C@H]3C(C)=C[C@]2(COCCCC=C)C(=O)C3(O)CCl)C(O)(CCl)C1=O. The largest absolute Gasteiger partial charge is 0.380 e. The summed E-state index contributed by atoms with van der Waals surface area (Å²) in [6, 6.07) is 0. The van der Waals surface area contributed by atoms with E-state index in [1.807, 2.05) is 13.0 Å². The molecule has 4 aliphatic rings. The van der Waals surface area contributed by atoms with Crippen molar-refractivity contribution >= 4 is 34.8 Å². The number of ether oxygens (including phenoxy) is 2. The van der Waals surface area contributed by atoms with Crippen molar-refractivity contribution in [2.45, 2.75) is 50.7 Å². The molecule has 4 rings (SSSR count). The molecule has 0 aromatic carbocycles. The average Bonchev–Trinajstić information content (AvgIpc) is 2.86. The molecule has 0 heterocycles. The number of hydrogen-bond acceptors (Lipinski definition) is 6. The molecule has 2 unspecified atom stereocenters. The van der Waals surface area contributed by atoms with Gasteiger partial charge in [-0.3, -0.25) is 9.59 Å². The van der Waals surface area contributed by atoms with Gasteiger partial charge in [-0.1, -0.05) is 36.8 Å². The van der Waals surface area contributed by atoms with Crippen molar-refractivity contribution in [2.75, 3.05) is 38.2 Å². The number of rotatable bonds is 14. The highest BCUT2D eigenvalue weighted by molar-refractivity contribution is 6.23. The number of aliphatic hydroxyl groups is 2. The van der Waals surface area contributed by atoms with E-state index in [2.05, 4.69) is 13.2 Å². The molecule has 0 aromatic heterocycles. The summed E-state index contributed by atoms with van der Waals surface area (Å²) in [6.07, 6.45) is 10.2. The number of unbranched alkanes of at least 4 members (excludes halogenated alkanes) is 2. The van der Waals surface area contributed by atoms with Gasteiger partial charge < -0.3 is 19.7 Å². The minimum absolute atomic E-state index is 0.0188. The number of halogens is 2. The second-order valence-electron chi connectivity index (χ2n) is 10.5. The van der Waals surface area contributed by atoms with Crippen LogP contribution in [-0.2, 0) is 19.1 Å². The molecule has 0 aliphatic heterocycles. The molecule has 0 saturated heterocycles. The molecule has 0 aromatic rings. The maximum atomic E-state index is 14.1. The highest BCUT2D eigenvalue weighted by Gasteiger charge is 2.77. The van der Waals surface area contributed by atoms with E-state index in [9.17, 15) is 19.8 Å². The smallest absolute Gasteiger partial charge is 0.193 e. The highest BCUT2D eigenvalue weighted by Crippen LogP contribution is 2.68. The zero-order valence-electron chi connectivity index (χ0n) is 21.2. The first-order chi connectivity index (χ1) is 17.0. The topological polar surface area (TPSA) is 93.1 Å². The van der Waals surface area contributed by atoms with E-state index < -0.39 is 51.3 Å². The van der Waals surface area contributed by atoms with E-state index in [1.165, 1.54) is 0 Å². The molecular formula is C28H38Cl2O6. The molecule has 0 radical (unpaired) electrons. The molecular weight excluding hydrogens is 503 g/mol. The lowest BCUT2D eigenvalue weighted by Crippen LogP contribution is -2.78. The number of Topliss-reactive ketones (excluding diaryl/α,β-unsaturated/α-hetero) is 2. The maximum Gasteiger partial charge on any atom is 0.193 e. The van der Waals surface area contributed by atoms with Gasteiger partial charge in [0.05, 0.1) is 30.4 Å². The van der Waals surface area contributed by atoms with Crippen molar-refractivity contribution in [3.05, 3.63) is 48.6 Å². The van der Waals surface area contributed by atoms with Crippen LogP contribution in [0.1, 0.15) is 39.5 Å². The van der Waals surface area contributed by atoms with Crippen LogP contribution < -0.4 is 0 Å². The Labute approximate surface area is 224 Å². The van der Waals surface area contributed by atoms with Crippen LogP contribution in [-0.4, -0.2) is 71.2 Å². The van der Waals surface area contributed by atoms with Crippen molar-refractivity contribution in [1.82, 2.24) is 0 Å². The Bertz CT molecular complexity index is 960. The molecule has 0 spiro atoms. The third kappa shape index (κ3) is 4.38. The summed E-state index contributed by atoms with van der Waals surface area (Å²) in [4.78, 5) is 27.7. The van der Waals surface area contributed by atoms with Gasteiger partial charge in [-0.2, -0.15) is 0 Å². The lowest BCUT2D eigenvalue weighted by atomic mass is 9.36. The molecule has 6 atom stereocenters. The Hall–Kier alpha value is -1.28. The standard InChI is InChI=1S/C28H38Cl2O6/c1-5-7-9-11-35-15-20-14-25(4)22(28(34,17-30)23(20)31)21-19(3)13-26(25,18-36-12-10-8-6-2)24(32)27(21,33)16-29/h5-6,13-14,21-22,33-34H,1-2,7-12,15-18H2,3-4H3/t21-,22-,25-,26+,27?,28?/m1/s1.